The summed E-state index contributed by atoms with van der Waals surface area (Å²) in [5.74, 6) is 0. The van der Waals surface area contributed by atoms with Crippen molar-refractivity contribution >= 4 is 0 Å². The molecule has 4 heteroatoms. The Bertz CT molecular complexity index is 301. The van der Waals surface area contributed by atoms with E-state index in [4.69, 9.17) is 14.6 Å². The van der Waals surface area contributed by atoms with Crippen LogP contribution in [-0.4, -0.2) is 35.6 Å². The molecule has 1 saturated heterocycles. The van der Waals surface area contributed by atoms with Crippen LogP contribution in [0, 0.1) is 0 Å². The number of hydrogen-bond donors (Lipinski definition) is 2. The van der Waals surface area contributed by atoms with Gasteiger partial charge in [-0.3, -0.25) is 0 Å². The van der Waals surface area contributed by atoms with Gasteiger partial charge in [-0.2, -0.15) is 0 Å². The van der Waals surface area contributed by atoms with Crippen molar-refractivity contribution < 1.29 is 19.7 Å². The summed E-state index contributed by atoms with van der Waals surface area (Å²) in [5.41, 5.74) is 0.892. The molecule has 3 atom stereocenters. The molecule has 0 spiro atoms. The van der Waals surface area contributed by atoms with Gasteiger partial charge in [0, 0.05) is 5.56 Å². The first-order valence-electron chi connectivity index (χ1n) is 4.92. The molecule has 1 aromatic rings. The van der Waals surface area contributed by atoms with Crippen molar-refractivity contribution in [1.29, 1.82) is 0 Å². The molecule has 0 saturated carbocycles. The largest absolute Gasteiger partial charge is 0.394 e. The summed E-state index contributed by atoms with van der Waals surface area (Å²) < 4.78 is 10.7. The maximum absolute atomic E-state index is 9.42. The number of hydrogen-bond acceptors (Lipinski definition) is 4. The zero-order valence-electron chi connectivity index (χ0n) is 8.24. The smallest absolute Gasteiger partial charge is 0.184 e. The molecule has 0 amide bonds. The van der Waals surface area contributed by atoms with E-state index in [-0.39, 0.29) is 13.2 Å². The predicted octanol–water partition coefficient (Wildman–Crippen LogP) is 0.454. The highest BCUT2D eigenvalue weighted by Crippen LogP contribution is 2.25. The van der Waals surface area contributed by atoms with E-state index in [1.54, 1.807) is 0 Å². The fourth-order valence-corrected chi connectivity index (χ4v) is 1.53. The van der Waals surface area contributed by atoms with Gasteiger partial charge in [-0.05, 0) is 0 Å². The van der Waals surface area contributed by atoms with Crippen LogP contribution >= 0.6 is 0 Å². The highest BCUT2D eigenvalue weighted by Gasteiger charge is 2.30. The zero-order chi connectivity index (χ0) is 10.7. The Kier molecular flexibility index (Phi) is 3.33. The highest BCUT2D eigenvalue weighted by atomic mass is 16.7. The van der Waals surface area contributed by atoms with E-state index in [1.807, 2.05) is 30.3 Å². The summed E-state index contributed by atoms with van der Waals surface area (Å²) in [7, 11) is 0. The van der Waals surface area contributed by atoms with Gasteiger partial charge in [-0.15, -0.1) is 0 Å². The molecule has 0 bridgehead atoms. The summed E-state index contributed by atoms with van der Waals surface area (Å²) in [6.45, 7) is -0.0152. The average molecular weight is 210 g/mol. The minimum atomic E-state index is -0.755. The van der Waals surface area contributed by atoms with E-state index in [0.29, 0.717) is 0 Å². The SMILES string of the molecule is OCC1O[C@@H](c2ccccc2)OC[C@H]1O. The minimum absolute atomic E-state index is 0.185. The van der Waals surface area contributed by atoms with Crippen molar-refractivity contribution in [1.82, 2.24) is 0 Å². The lowest BCUT2D eigenvalue weighted by molar-refractivity contribution is -0.263. The number of aliphatic hydroxyl groups excluding tert-OH is 2. The molecule has 0 aliphatic carbocycles. The third-order valence-electron chi connectivity index (χ3n) is 2.40. The predicted molar refractivity (Wildman–Crippen MR) is 53.1 cm³/mol. The molecule has 1 heterocycles. The van der Waals surface area contributed by atoms with Gasteiger partial charge >= 0.3 is 0 Å². The van der Waals surface area contributed by atoms with Crippen molar-refractivity contribution in [2.24, 2.45) is 0 Å². The average Bonchev–Trinajstić information content (AvgIpc) is 2.31. The van der Waals surface area contributed by atoms with Crippen LogP contribution in [0.4, 0.5) is 0 Å². The van der Waals surface area contributed by atoms with E-state index < -0.39 is 18.5 Å². The van der Waals surface area contributed by atoms with E-state index >= 15 is 0 Å². The lowest BCUT2D eigenvalue weighted by Crippen LogP contribution is -2.42. The standard InChI is InChI=1S/C11H14O4/c12-6-10-9(13)7-14-11(15-10)8-4-2-1-3-5-8/h1-5,9-13H,6-7H2/t9-,10?,11+/m1/s1. The second-order valence-electron chi connectivity index (χ2n) is 3.50. The highest BCUT2D eigenvalue weighted by molar-refractivity contribution is 5.16. The summed E-state index contributed by atoms with van der Waals surface area (Å²) in [5, 5.41) is 18.4. The fraction of sp³-hybridized carbons (Fsp3) is 0.455. The fourth-order valence-electron chi connectivity index (χ4n) is 1.53. The molecular weight excluding hydrogens is 196 g/mol. The molecule has 15 heavy (non-hydrogen) atoms. The third-order valence-corrected chi connectivity index (χ3v) is 2.40. The zero-order valence-corrected chi connectivity index (χ0v) is 8.24. The second kappa shape index (κ2) is 4.72. The number of aliphatic hydroxyl groups is 2. The number of ether oxygens (including phenoxy) is 2. The molecule has 4 nitrogen and oxygen atoms in total. The van der Waals surface area contributed by atoms with Gasteiger partial charge in [0.2, 0.25) is 0 Å². The first-order chi connectivity index (χ1) is 7.31. The van der Waals surface area contributed by atoms with Gasteiger partial charge < -0.3 is 19.7 Å². The normalized spacial score (nSPS) is 31.5. The summed E-state index contributed by atoms with van der Waals surface area (Å²) in [6, 6.07) is 9.46. The number of rotatable bonds is 2. The summed E-state index contributed by atoms with van der Waals surface area (Å²) >= 11 is 0. The van der Waals surface area contributed by atoms with Crippen molar-refractivity contribution in [3.8, 4) is 0 Å². The Hall–Kier alpha value is -0.940. The Morgan fingerprint density at radius 1 is 1.27 bits per heavy atom. The minimum Gasteiger partial charge on any atom is -0.394 e. The molecule has 0 aromatic heterocycles. The Morgan fingerprint density at radius 2 is 2.00 bits per heavy atom. The Labute approximate surface area is 88.1 Å². The number of benzene rings is 1. The first kappa shape index (κ1) is 10.6. The Balaban J connectivity index is 2.06. The van der Waals surface area contributed by atoms with E-state index in [9.17, 15) is 5.11 Å². The molecule has 2 rings (SSSR count). The van der Waals surface area contributed by atoms with Crippen molar-refractivity contribution in [3.05, 3.63) is 35.9 Å². The molecule has 82 valence electrons. The first-order valence-corrected chi connectivity index (χ1v) is 4.92. The van der Waals surface area contributed by atoms with E-state index in [1.165, 1.54) is 0 Å². The van der Waals surface area contributed by atoms with Gasteiger partial charge in [0.1, 0.15) is 12.2 Å². The van der Waals surface area contributed by atoms with Gasteiger partial charge in [-0.25, -0.2) is 0 Å². The van der Waals surface area contributed by atoms with Crippen molar-refractivity contribution in [2.45, 2.75) is 18.5 Å². The van der Waals surface area contributed by atoms with Crippen molar-refractivity contribution in [3.63, 3.8) is 0 Å². The lowest BCUT2D eigenvalue weighted by atomic mass is 10.1. The molecule has 1 aliphatic heterocycles. The summed E-state index contributed by atoms with van der Waals surface area (Å²) in [4.78, 5) is 0. The van der Waals surface area contributed by atoms with Crippen LogP contribution in [0.1, 0.15) is 11.9 Å². The van der Waals surface area contributed by atoms with Crippen LogP contribution in [0.3, 0.4) is 0 Å². The molecule has 1 fully saturated rings. The van der Waals surface area contributed by atoms with Crippen LogP contribution in [0.5, 0.6) is 0 Å². The topological polar surface area (TPSA) is 58.9 Å². The Morgan fingerprint density at radius 3 is 2.67 bits per heavy atom. The molecule has 0 radical (unpaired) electrons. The van der Waals surface area contributed by atoms with Crippen molar-refractivity contribution in [2.75, 3.05) is 13.2 Å². The van der Waals surface area contributed by atoms with E-state index in [0.717, 1.165) is 5.56 Å². The van der Waals surface area contributed by atoms with Gasteiger partial charge in [0.05, 0.1) is 13.2 Å². The van der Waals surface area contributed by atoms with Crippen LogP contribution in [0.25, 0.3) is 0 Å². The van der Waals surface area contributed by atoms with Crippen LogP contribution < -0.4 is 0 Å². The van der Waals surface area contributed by atoms with Crippen LogP contribution in [0.2, 0.25) is 0 Å². The second-order valence-corrected chi connectivity index (χ2v) is 3.50. The maximum Gasteiger partial charge on any atom is 0.184 e. The van der Waals surface area contributed by atoms with Crippen LogP contribution in [-0.2, 0) is 9.47 Å². The molecular formula is C11H14O4. The maximum atomic E-state index is 9.42. The third kappa shape index (κ3) is 2.35. The molecule has 1 aromatic carbocycles. The van der Waals surface area contributed by atoms with Gasteiger partial charge in [0.15, 0.2) is 6.29 Å². The van der Waals surface area contributed by atoms with Gasteiger partial charge in [-0.1, -0.05) is 30.3 Å². The summed E-state index contributed by atoms with van der Waals surface area (Å²) in [6.07, 6.45) is -1.81. The lowest BCUT2D eigenvalue weighted by Gasteiger charge is -2.33. The van der Waals surface area contributed by atoms with Gasteiger partial charge in [0.25, 0.3) is 0 Å². The molecule has 1 unspecified atom stereocenters. The van der Waals surface area contributed by atoms with Crippen LogP contribution in [0.15, 0.2) is 30.3 Å². The monoisotopic (exact) mass is 210 g/mol. The molecule has 2 N–H and O–H groups in total. The molecule has 1 aliphatic rings. The quantitative estimate of drug-likeness (QED) is 0.744. The van der Waals surface area contributed by atoms with E-state index in [2.05, 4.69) is 0 Å².